The van der Waals surface area contributed by atoms with Crippen LogP contribution in [0.5, 0.6) is 5.75 Å². The first-order chi connectivity index (χ1) is 17.2. The monoisotopic (exact) mass is 507 g/mol. The Morgan fingerprint density at radius 3 is 2.78 bits per heavy atom. The SMILES string of the molecule is CCCS(=O)(=O)c1cc(-c2ccc3c(c2)CN(c2ncnc4c2CC(C)(C)CC4)CCO3)cnc1N. The Hall–Kier alpha value is -3.20. The van der Waals surface area contributed by atoms with Crippen LogP contribution in [0.15, 0.2) is 41.7 Å². The Morgan fingerprint density at radius 1 is 1.14 bits per heavy atom. The maximum absolute atomic E-state index is 12.7. The van der Waals surface area contributed by atoms with Crippen LogP contribution >= 0.6 is 0 Å². The molecule has 3 heterocycles. The molecule has 190 valence electrons. The number of nitrogens with two attached hydrogens (primary N) is 1. The molecule has 2 aromatic heterocycles. The summed E-state index contributed by atoms with van der Waals surface area (Å²) >= 11 is 0. The van der Waals surface area contributed by atoms with Crippen molar-refractivity contribution >= 4 is 21.5 Å². The zero-order chi connectivity index (χ0) is 25.5. The summed E-state index contributed by atoms with van der Waals surface area (Å²) in [6, 6.07) is 7.57. The van der Waals surface area contributed by atoms with Gasteiger partial charge in [-0.05, 0) is 54.9 Å². The molecule has 0 bridgehead atoms. The molecule has 0 saturated carbocycles. The fourth-order valence-electron chi connectivity index (χ4n) is 5.13. The number of benzene rings is 1. The summed E-state index contributed by atoms with van der Waals surface area (Å²) in [4.78, 5) is 15.8. The van der Waals surface area contributed by atoms with Crippen LogP contribution in [-0.4, -0.2) is 42.3 Å². The molecule has 0 atom stereocenters. The Morgan fingerprint density at radius 2 is 1.97 bits per heavy atom. The number of fused-ring (bicyclic) bond motifs is 2. The van der Waals surface area contributed by atoms with E-state index in [0.717, 1.165) is 54.2 Å². The molecule has 0 unspecified atom stereocenters. The minimum absolute atomic E-state index is 0.0351. The molecule has 2 aliphatic rings. The molecule has 5 rings (SSSR count). The van der Waals surface area contributed by atoms with Crippen LogP contribution in [0.4, 0.5) is 11.6 Å². The topological polar surface area (TPSA) is 111 Å². The van der Waals surface area contributed by atoms with E-state index >= 15 is 0 Å². The van der Waals surface area contributed by atoms with Gasteiger partial charge in [0.2, 0.25) is 0 Å². The van der Waals surface area contributed by atoms with E-state index in [9.17, 15) is 8.42 Å². The van der Waals surface area contributed by atoms with Crippen molar-refractivity contribution in [1.82, 2.24) is 15.0 Å². The number of anilines is 2. The van der Waals surface area contributed by atoms with Gasteiger partial charge in [0, 0.05) is 35.1 Å². The lowest BCUT2D eigenvalue weighted by atomic mass is 9.76. The summed E-state index contributed by atoms with van der Waals surface area (Å²) in [5.74, 6) is 1.88. The van der Waals surface area contributed by atoms with Gasteiger partial charge in [-0.3, -0.25) is 0 Å². The van der Waals surface area contributed by atoms with Gasteiger partial charge in [0.15, 0.2) is 9.84 Å². The van der Waals surface area contributed by atoms with Crippen LogP contribution in [0, 0.1) is 5.41 Å². The third-order valence-corrected chi connectivity index (χ3v) is 9.01. The summed E-state index contributed by atoms with van der Waals surface area (Å²) in [6.07, 6.45) is 6.86. The third-order valence-electron chi connectivity index (χ3n) is 7.07. The van der Waals surface area contributed by atoms with Gasteiger partial charge < -0.3 is 15.4 Å². The molecule has 0 fully saturated rings. The lowest BCUT2D eigenvalue weighted by Crippen LogP contribution is -2.31. The summed E-state index contributed by atoms with van der Waals surface area (Å²) in [5.41, 5.74) is 11.1. The van der Waals surface area contributed by atoms with Gasteiger partial charge >= 0.3 is 0 Å². The molecule has 0 saturated heterocycles. The van der Waals surface area contributed by atoms with E-state index in [0.29, 0.717) is 25.1 Å². The van der Waals surface area contributed by atoms with E-state index in [1.54, 1.807) is 18.6 Å². The molecule has 0 spiro atoms. The van der Waals surface area contributed by atoms with E-state index in [4.69, 9.17) is 15.5 Å². The highest BCUT2D eigenvalue weighted by atomic mass is 32.2. The lowest BCUT2D eigenvalue weighted by molar-refractivity contribution is 0.310. The Kier molecular flexibility index (Phi) is 6.36. The van der Waals surface area contributed by atoms with Gasteiger partial charge in [-0.25, -0.2) is 23.4 Å². The fraction of sp³-hybridized carbons (Fsp3) is 0.444. The van der Waals surface area contributed by atoms with Crippen molar-refractivity contribution in [2.45, 2.75) is 57.9 Å². The number of hydrogen-bond donors (Lipinski definition) is 1. The van der Waals surface area contributed by atoms with Crippen LogP contribution in [0.3, 0.4) is 0 Å². The van der Waals surface area contributed by atoms with Gasteiger partial charge in [0.05, 0.1) is 12.3 Å². The predicted molar refractivity (Wildman–Crippen MR) is 141 cm³/mol. The normalized spacial score (nSPS) is 17.0. The first-order valence-corrected chi connectivity index (χ1v) is 14.1. The molecule has 3 aromatic rings. The number of ether oxygens (including phenoxy) is 1. The average molecular weight is 508 g/mol. The minimum Gasteiger partial charge on any atom is -0.491 e. The van der Waals surface area contributed by atoms with Crippen molar-refractivity contribution in [2.75, 3.05) is 29.5 Å². The summed E-state index contributed by atoms with van der Waals surface area (Å²) in [6.45, 7) is 8.34. The molecule has 1 aliphatic carbocycles. The molecular formula is C27H33N5O3S. The maximum atomic E-state index is 12.7. The maximum Gasteiger partial charge on any atom is 0.182 e. The zero-order valence-corrected chi connectivity index (χ0v) is 21.9. The molecule has 1 aromatic carbocycles. The van der Waals surface area contributed by atoms with Gasteiger partial charge in [-0.15, -0.1) is 0 Å². The molecule has 36 heavy (non-hydrogen) atoms. The van der Waals surface area contributed by atoms with Crippen molar-refractivity contribution in [2.24, 2.45) is 5.41 Å². The van der Waals surface area contributed by atoms with Crippen LogP contribution < -0.4 is 15.4 Å². The highest BCUT2D eigenvalue weighted by molar-refractivity contribution is 7.91. The number of pyridine rings is 1. The quantitative estimate of drug-likeness (QED) is 0.546. The predicted octanol–water partition coefficient (Wildman–Crippen LogP) is 4.22. The lowest BCUT2D eigenvalue weighted by Gasteiger charge is -2.33. The summed E-state index contributed by atoms with van der Waals surface area (Å²) in [5, 5.41) is 0. The van der Waals surface area contributed by atoms with Crippen LogP contribution in [0.25, 0.3) is 11.1 Å². The van der Waals surface area contributed by atoms with Crippen LogP contribution in [0.2, 0.25) is 0 Å². The molecule has 9 heteroatoms. The zero-order valence-electron chi connectivity index (χ0n) is 21.1. The van der Waals surface area contributed by atoms with Crippen molar-refractivity contribution in [3.8, 4) is 16.9 Å². The minimum atomic E-state index is -3.49. The number of rotatable bonds is 5. The first-order valence-electron chi connectivity index (χ1n) is 12.5. The van der Waals surface area contributed by atoms with Crippen molar-refractivity contribution < 1.29 is 13.2 Å². The van der Waals surface area contributed by atoms with Gasteiger partial charge in [-0.2, -0.15) is 0 Å². The average Bonchev–Trinajstić information content (AvgIpc) is 3.05. The molecule has 8 nitrogen and oxygen atoms in total. The van der Waals surface area contributed by atoms with Gasteiger partial charge in [-0.1, -0.05) is 26.8 Å². The second-order valence-electron chi connectivity index (χ2n) is 10.5. The van der Waals surface area contributed by atoms with Crippen molar-refractivity contribution in [3.05, 3.63) is 53.6 Å². The number of sulfone groups is 1. The van der Waals surface area contributed by atoms with Gasteiger partial charge in [0.25, 0.3) is 0 Å². The molecule has 1 aliphatic heterocycles. The highest BCUT2D eigenvalue weighted by Crippen LogP contribution is 2.39. The van der Waals surface area contributed by atoms with Crippen LogP contribution in [-0.2, 0) is 29.2 Å². The highest BCUT2D eigenvalue weighted by Gasteiger charge is 2.30. The number of nitrogen functional groups attached to an aromatic ring is 1. The Balaban J connectivity index is 1.50. The third kappa shape index (κ3) is 4.76. The molecule has 0 amide bonds. The first kappa shape index (κ1) is 24.5. The molecular weight excluding hydrogens is 474 g/mol. The molecule has 0 radical (unpaired) electrons. The van der Waals surface area contributed by atoms with E-state index in [-0.39, 0.29) is 21.9 Å². The van der Waals surface area contributed by atoms with Crippen molar-refractivity contribution in [3.63, 3.8) is 0 Å². The largest absolute Gasteiger partial charge is 0.491 e. The summed E-state index contributed by atoms with van der Waals surface area (Å²) < 4.78 is 31.5. The second kappa shape index (κ2) is 9.35. The number of aryl methyl sites for hydroxylation is 1. The van der Waals surface area contributed by atoms with Gasteiger partial charge in [0.1, 0.15) is 35.2 Å². The Labute approximate surface area is 212 Å². The van der Waals surface area contributed by atoms with Crippen molar-refractivity contribution in [1.29, 1.82) is 0 Å². The van der Waals surface area contributed by atoms with E-state index < -0.39 is 9.84 Å². The second-order valence-corrected chi connectivity index (χ2v) is 12.6. The fourth-order valence-corrected chi connectivity index (χ4v) is 6.56. The molecule has 2 N–H and O–H groups in total. The number of aromatic nitrogens is 3. The smallest absolute Gasteiger partial charge is 0.182 e. The standard InChI is InChI=1S/C27H33N5O3S/c1-4-11-36(33,34)24-13-19(15-29-25(24)28)18-5-6-23-20(12-18)16-32(9-10-35-23)26-21-14-27(2,3)8-7-22(21)30-17-31-26/h5-6,12-13,15,17H,4,7-11,14,16H2,1-3H3,(H2,28,29). The van der Waals surface area contributed by atoms with E-state index in [1.807, 2.05) is 19.1 Å². The summed E-state index contributed by atoms with van der Waals surface area (Å²) in [7, 11) is -3.49. The number of nitrogens with zero attached hydrogens (tertiary/aromatic N) is 4. The number of hydrogen-bond acceptors (Lipinski definition) is 8. The van der Waals surface area contributed by atoms with E-state index in [2.05, 4.69) is 34.8 Å². The Bertz CT molecular complexity index is 1400. The van der Waals surface area contributed by atoms with Crippen LogP contribution in [0.1, 0.15) is 50.4 Å². The van der Waals surface area contributed by atoms with E-state index in [1.165, 1.54) is 5.56 Å².